The van der Waals surface area contributed by atoms with Gasteiger partial charge in [0.1, 0.15) is 11.1 Å². The Bertz CT molecular complexity index is 855. The van der Waals surface area contributed by atoms with E-state index in [1.807, 2.05) is 0 Å². The van der Waals surface area contributed by atoms with Gasteiger partial charge in [-0.2, -0.15) is 17.6 Å². The van der Waals surface area contributed by atoms with Crippen LogP contribution in [0.4, 0.5) is 48.7 Å². The average molecular weight is 422 g/mol. The third-order valence-electron chi connectivity index (χ3n) is 3.12. The van der Waals surface area contributed by atoms with Gasteiger partial charge in [-0.1, -0.05) is 0 Å². The number of carbonyl (C=O) groups excluding carboxylic acids is 1. The molecule has 0 bridgehead atoms. The Balaban J connectivity index is 2.25. The van der Waals surface area contributed by atoms with Crippen molar-refractivity contribution in [3.05, 3.63) is 70.3 Å². The first kappa shape index (κ1) is 21.3. The molecule has 0 radical (unpaired) electrons. The van der Waals surface area contributed by atoms with Gasteiger partial charge in [-0.25, -0.2) is 31.1 Å². The van der Waals surface area contributed by atoms with E-state index in [2.05, 4.69) is 9.47 Å². The van der Waals surface area contributed by atoms with Crippen LogP contribution in [0.25, 0.3) is 0 Å². The summed E-state index contributed by atoms with van der Waals surface area (Å²) in [7, 11) is 0. The van der Waals surface area contributed by atoms with Gasteiger partial charge >= 0.3 is 18.4 Å². The maximum absolute atomic E-state index is 13.7. The van der Waals surface area contributed by atoms with Crippen molar-refractivity contribution in [1.29, 1.82) is 0 Å². The molecule has 0 saturated carbocycles. The fourth-order valence-corrected chi connectivity index (χ4v) is 1.84. The molecule has 0 aliphatic carbocycles. The maximum Gasteiger partial charge on any atom is 0.518 e. The summed E-state index contributed by atoms with van der Waals surface area (Å²) in [5.74, 6) is -13.5. The highest BCUT2D eigenvalue weighted by Gasteiger charge is 2.46. The first-order chi connectivity index (χ1) is 12.8. The van der Waals surface area contributed by atoms with Crippen molar-refractivity contribution in [3.63, 3.8) is 0 Å². The second kappa shape index (κ2) is 7.20. The third-order valence-corrected chi connectivity index (χ3v) is 3.12. The zero-order valence-corrected chi connectivity index (χ0v) is 12.8. The molecule has 0 fully saturated rings. The number of alkyl halides is 4. The van der Waals surface area contributed by atoms with Gasteiger partial charge in [0.2, 0.25) is 0 Å². The van der Waals surface area contributed by atoms with Crippen molar-refractivity contribution in [1.82, 2.24) is 0 Å². The molecule has 0 saturated heterocycles. The number of benzene rings is 2. The van der Waals surface area contributed by atoms with Crippen LogP contribution in [0.3, 0.4) is 0 Å². The fourth-order valence-electron chi connectivity index (χ4n) is 1.84. The Kier molecular flexibility index (Phi) is 5.48. The van der Waals surface area contributed by atoms with Gasteiger partial charge in [0.25, 0.3) is 0 Å². The molecule has 2 rings (SSSR count). The van der Waals surface area contributed by atoms with E-state index in [4.69, 9.17) is 0 Å². The van der Waals surface area contributed by atoms with E-state index >= 15 is 0 Å². The summed E-state index contributed by atoms with van der Waals surface area (Å²) < 4.78 is 139. The van der Waals surface area contributed by atoms with E-state index in [1.54, 1.807) is 0 Å². The number of hydrogen-bond acceptors (Lipinski definition) is 3. The molecule has 0 aliphatic rings. The van der Waals surface area contributed by atoms with E-state index in [9.17, 15) is 48.7 Å². The van der Waals surface area contributed by atoms with Crippen molar-refractivity contribution in [2.75, 3.05) is 0 Å². The summed E-state index contributed by atoms with van der Waals surface area (Å²) in [5, 5.41) is 0. The van der Waals surface area contributed by atoms with E-state index in [-0.39, 0.29) is 24.3 Å². The first-order valence-electron chi connectivity index (χ1n) is 6.73. The monoisotopic (exact) mass is 422 g/mol. The van der Waals surface area contributed by atoms with Crippen LogP contribution in [0.1, 0.15) is 11.1 Å². The molecule has 0 aliphatic heterocycles. The van der Waals surface area contributed by atoms with Crippen LogP contribution in [0.5, 0.6) is 0 Å². The molecule has 2 aromatic rings. The van der Waals surface area contributed by atoms with Gasteiger partial charge in [0, 0.05) is 0 Å². The molecule has 3 nitrogen and oxygen atoms in total. The van der Waals surface area contributed by atoms with Gasteiger partial charge in [0.05, 0.1) is 0 Å². The van der Waals surface area contributed by atoms with Crippen molar-refractivity contribution in [3.8, 4) is 0 Å². The lowest BCUT2D eigenvalue weighted by atomic mass is 10.2. The minimum atomic E-state index is -5.13. The SMILES string of the molecule is O=C(OC(F)(F)c1ccc(F)c(F)c1F)OC(F)(F)c1ccc(F)c(F)c1F. The zero-order chi connectivity index (χ0) is 21.4. The van der Waals surface area contributed by atoms with Crippen molar-refractivity contribution >= 4 is 6.16 Å². The Labute approximate surface area is 148 Å². The van der Waals surface area contributed by atoms with Crippen LogP contribution in [0.15, 0.2) is 24.3 Å². The number of hydrogen-bond donors (Lipinski definition) is 0. The normalized spacial score (nSPS) is 12.1. The van der Waals surface area contributed by atoms with Crippen LogP contribution in [-0.4, -0.2) is 6.16 Å². The molecule has 0 N–H and O–H groups in total. The standard InChI is InChI=1S/C15H4F10O3/c16-7-3-1-5(9(18)11(7)20)14(22,23)27-13(26)28-15(24,25)6-2-4-8(17)12(21)10(6)19/h1-4H. The number of ether oxygens (including phenoxy) is 2. The van der Waals surface area contributed by atoms with Crippen LogP contribution in [0.2, 0.25) is 0 Å². The molecule has 152 valence electrons. The van der Waals surface area contributed by atoms with Crippen LogP contribution >= 0.6 is 0 Å². The van der Waals surface area contributed by atoms with E-state index in [0.29, 0.717) is 0 Å². The maximum atomic E-state index is 13.7. The molecule has 28 heavy (non-hydrogen) atoms. The topological polar surface area (TPSA) is 35.5 Å². The Morgan fingerprint density at radius 2 is 0.929 bits per heavy atom. The summed E-state index contributed by atoms with van der Waals surface area (Å²) in [6.07, 6.45) is -13.2. The highest BCUT2D eigenvalue weighted by Crippen LogP contribution is 2.37. The lowest BCUT2D eigenvalue weighted by molar-refractivity contribution is -0.268. The summed E-state index contributed by atoms with van der Waals surface area (Å²) >= 11 is 0. The molecule has 0 aromatic heterocycles. The molecule has 0 atom stereocenters. The lowest BCUT2D eigenvalue weighted by Crippen LogP contribution is -2.30. The molecule has 0 unspecified atom stereocenters. The number of halogens is 10. The predicted molar refractivity (Wildman–Crippen MR) is 68.0 cm³/mol. The summed E-state index contributed by atoms with van der Waals surface area (Å²) in [6.45, 7) is 0. The van der Waals surface area contributed by atoms with Gasteiger partial charge < -0.3 is 9.47 Å². The lowest BCUT2D eigenvalue weighted by Gasteiger charge is -2.21. The zero-order valence-electron chi connectivity index (χ0n) is 12.8. The highest BCUT2D eigenvalue weighted by atomic mass is 19.3. The Morgan fingerprint density at radius 3 is 1.25 bits per heavy atom. The highest BCUT2D eigenvalue weighted by molar-refractivity contribution is 5.61. The fraction of sp³-hybridized carbons (Fsp3) is 0.133. The quantitative estimate of drug-likeness (QED) is 0.372. The molecule has 0 heterocycles. The second-order valence-corrected chi connectivity index (χ2v) is 4.93. The molecule has 0 amide bonds. The minimum absolute atomic E-state index is 0.0294. The molecule has 2 aromatic carbocycles. The van der Waals surface area contributed by atoms with Gasteiger partial charge in [-0.05, 0) is 24.3 Å². The van der Waals surface area contributed by atoms with Gasteiger partial charge in [0.15, 0.2) is 34.9 Å². The molecular formula is C15H4F10O3. The summed E-state index contributed by atoms with van der Waals surface area (Å²) in [4.78, 5) is 11.2. The van der Waals surface area contributed by atoms with E-state index < -0.39 is 64.4 Å². The molecular weight excluding hydrogens is 418 g/mol. The van der Waals surface area contributed by atoms with Crippen molar-refractivity contribution in [2.24, 2.45) is 0 Å². The van der Waals surface area contributed by atoms with Crippen molar-refractivity contribution in [2.45, 2.75) is 12.2 Å². The first-order valence-corrected chi connectivity index (χ1v) is 6.73. The third kappa shape index (κ3) is 3.97. The van der Waals surface area contributed by atoms with E-state index in [1.165, 1.54) is 0 Å². The largest absolute Gasteiger partial charge is 0.518 e. The van der Waals surface area contributed by atoms with E-state index in [0.717, 1.165) is 0 Å². The van der Waals surface area contributed by atoms with Crippen molar-refractivity contribution < 1.29 is 58.2 Å². The Morgan fingerprint density at radius 1 is 0.607 bits per heavy atom. The van der Waals surface area contributed by atoms with Gasteiger partial charge in [-0.3, -0.25) is 0 Å². The van der Waals surface area contributed by atoms with Gasteiger partial charge in [-0.15, -0.1) is 0 Å². The van der Waals surface area contributed by atoms with Crippen LogP contribution in [-0.2, 0) is 21.7 Å². The summed E-state index contributed by atoms with van der Waals surface area (Å²) in [6, 6.07) is -0.0361. The minimum Gasteiger partial charge on any atom is -0.364 e. The number of rotatable bonds is 4. The van der Waals surface area contributed by atoms with Crippen LogP contribution in [0, 0.1) is 34.9 Å². The number of carbonyl (C=O) groups is 1. The molecule has 13 heteroatoms. The predicted octanol–water partition coefficient (Wildman–Crippen LogP) is 5.47. The Hall–Kier alpha value is -2.99. The smallest absolute Gasteiger partial charge is 0.364 e. The summed E-state index contributed by atoms with van der Waals surface area (Å²) in [5.41, 5.74) is -4.10. The average Bonchev–Trinajstić information content (AvgIpc) is 2.56. The molecule has 0 spiro atoms. The second-order valence-electron chi connectivity index (χ2n) is 4.93. The van der Waals surface area contributed by atoms with Crippen LogP contribution < -0.4 is 0 Å².